The van der Waals surface area contributed by atoms with E-state index in [0.717, 1.165) is 6.07 Å². The van der Waals surface area contributed by atoms with Gasteiger partial charge in [0.1, 0.15) is 0 Å². The van der Waals surface area contributed by atoms with Crippen molar-refractivity contribution in [1.82, 2.24) is 5.32 Å². The van der Waals surface area contributed by atoms with Crippen LogP contribution in [0.25, 0.3) is 0 Å². The molecule has 1 heterocycles. The third-order valence-electron chi connectivity index (χ3n) is 2.48. The van der Waals surface area contributed by atoms with Crippen LogP contribution >= 0.6 is 0 Å². The summed E-state index contributed by atoms with van der Waals surface area (Å²) in [6, 6.07) is 2.05. The quantitative estimate of drug-likeness (QED) is 0.710. The molecule has 1 aromatic rings. The average Bonchev–Trinajstić information content (AvgIpc) is 2.61. The first-order valence-corrected chi connectivity index (χ1v) is 4.49. The number of hydrogen-bond acceptors (Lipinski definition) is 1. The van der Waals surface area contributed by atoms with E-state index in [9.17, 15) is 18.0 Å². The highest BCUT2D eigenvalue weighted by Crippen LogP contribution is 2.27. The molecule has 1 saturated heterocycles. The molecular formula is C10H8F3NO. The summed E-state index contributed by atoms with van der Waals surface area (Å²) >= 11 is 0. The fourth-order valence-electron chi connectivity index (χ4n) is 1.68. The van der Waals surface area contributed by atoms with Crippen LogP contribution in [-0.2, 0) is 4.79 Å². The van der Waals surface area contributed by atoms with Crippen molar-refractivity contribution in [2.24, 2.45) is 0 Å². The van der Waals surface area contributed by atoms with Gasteiger partial charge in [-0.05, 0) is 11.6 Å². The summed E-state index contributed by atoms with van der Waals surface area (Å²) in [4.78, 5) is 10.9. The monoisotopic (exact) mass is 215 g/mol. The van der Waals surface area contributed by atoms with E-state index in [1.54, 1.807) is 0 Å². The minimum absolute atomic E-state index is 0.0484. The lowest BCUT2D eigenvalue weighted by molar-refractivity contribution is -0.119. The van der Waals surface area contributed by atoms with Crippen molar-refractivity contribution in [3.63, 3.8) is 0 Å². The van der Waals surface area contributed by atoms with E-state index in [-0.39, 0.29) is 24.4 Å². The van der Waals surface area contributed by atoms with Crippen molar-refractivity contribution in [1.29, 1.82) is 0 Å². The summed E-state index contributed by atoms with van der Waals surface area (Å²) in [6.45, 7) is 0.265. The molecule has 1 aliphatic heterocycles. The number of carbonyl (C=O) groups excluding carboxylic acids is 1. The first-order chi connectivity index (χ1) is 7.09. The van der Waals surface area contributed by atoms with E-state index >= 15 is 0 Å². The van der Waals surface area contributed by atoms with Gasteiger partial charge in [-0.15, -0.1) is 0 Å². The summed E-state index contributed by atoms with van der Waals surface area (Å²) in [5.41, 5.74) is 0.0484. The smallest absolute Gasteiger partial charge is 0.220 e. The van der Waals surface area contributed by atoms with Gasteiger partial charge in [0.05, 0.1) is 0 Å². The van der Waals surface area contributed by atoms with Gasteiger partial charge in [0.25, 0.3) is 0 Å². The largest absolute Gasteiger partial charge is 0.355 e. The van der Waals surface area contributed by atoms with Gasteiger partial charge in [0, 0.05) is 18.9 Å². The Hall–Kier alpha value is -1.52. The Balaban J connectivity index is 2.37. The summed E-state index contributed by atoms with van der Waals surface area (Å²) in [7, 11) is 0. The van der Waals surface area contributed by atoms with E-state index < -0.39 is 23.4 Å². The van der Waals surface area contributed by atoms with Crippen LogP contribution in [0.15, 0.2) is 12.1 Å². The van der Waals surface area contributed by atoms with E-state index in [0.29, 0.717) is 0 Å². The molecule has 80 valence electrons. The predicted octanol–water partition coefficient (Wildman–Crippen LogP) is 1.71. The molecule has 0 saturated carbocycles. The van der Waals surface area contributed by atoms with Crippen LogP contribution in [0.3, 0.4) is 0 Å². The Morgan fingerprint density at radius 2 is 1.93 bits per heavy atom. The molecule has 1 aliphatic rings. The molecule has 0 spiro atoms. The van der Waals surface area contributed by atoms with Gasteiger partial charge in [0.15, 0.2) is 17.5 Å². The molecule has 15 heavy (non-hydrogen) atoms. The van der Waals surface area contributed by atoms with Crippen molar-refractivity contribution >= 4 is 5.91 Å². The minimum Gasteiger partial charge on any atom is -0.355 e. The van der Waals surface area contributed by atoms with Gasteiger partial charge < -0.3 is 5.32 Å². The normalized spacial score (nSPS) is 20.5. The topological polar surface area (TPSA) is 29.1 Å². The van der Waals surface area contributed by atoms with Gasteiger partial charge in [-0.25, -0.2) is 13.2 Å². The number of hydrogen-bond donors (Lipinski definition) is 1. The fourth-order valence-corrected chi connectivity index (χ4v) is 1.68. The molecule has 1 fully saturated rings. The third-order valence-corrected chi connectivity index (χ3v) is 2.48. The maximum Gasteiger partial charge on any atom is 0.220 e. The molecule has 1 unspecified atom stereocenters. The molecule has 0 radical (unpaired) electrons. The lowest BCUT2D eigenvalue weighted by atomic mass is 9.97. The van der Waals surface area contributed by atoms with Gasteiger partial charge in [0.2, 0.25) is 5.91 Å². The Bertz CT molecular complexity index is 419. The molecule has 1 N–H and O–H groups in total. The lowest BCUT2D eigenvalue weighted by Crippen LogP contribution is -2.14. The Labute approximate surface area is 84.1 Å². The van der Waals surface area contributed by atoms with Gasteiger partial charge >= 0.3 is 0 Å². The van der Waals surface area contributed by atoms with Gasteiger partial charge in [-0.3, -0.25) is 4.79 Å². The number of nitrogens with one attached hydrogen (secondary N) is 1. The van der Waals surface area contributed by atoms with Crippen molar-refractivity contribution in [2.75, 3.05) is 6.54 Å². The summed E-state index contributed by atoms with van der Waals surface area (Å²) in [5, 5.41) is 2.51. The first-order valence-electron chi connectivity index (χ1n) is 4.49. The number of carbonyl (C=O) groups is 1. The molecule has 1 amide bonds. The number of benzene rings is 1. The van der Waals surface area contributed by atoms with Crippen molar-refractivity contribution in [3.8, 4) is 0 Å². The highest BCUT2D eigenvalue weighted by molar-refractivity contribution is 5.79. The molecule has 0 aromatic heterocycles. The summed E-state index contributed by atoms with van der Waals surface area (Å²) < 4.78 is 38.8. The Morgan fingerprint density at radius 3 is 2.53 bits per heavy atom. The zero-order valence-corrected chi connectivity index (χ0v) is 7.69. The zero-order chi connectivity index (χ0) is 11.0. The second-order valence-electron chi connectivity index (χ2n) is 3.47. The highest BCUT2D eigenvalue weighted by atomic mass is 19.2. The predicted molar refractivity (Wildman–Crippen MR) is 46.7 cm³/mol. The number of rotatable bonds is 1. The van der Waals surface area contributed by atoms with Crippen LogP contribution in [0.4, 0.5) is 13.2 Å². The van der Waals surface area contributed by atoms with Gasteiger partial charge in [-0.2, -0.15) is 0 Å². The van der Waals surface area contributed by atoms with Crippen LogP contribution in [0.5, 0.6) is 0 Å². The summed E-state index contributed by atoms with van der Waals surface area (Å²) in [5.74, 6) is -4.51. The van der Waals surface area contributed by atoms with Crippen LogP contribution in [-0.4, -0.2) is 12.5 Å². The van der Waals surface area contributed by atoms with E-state index in [1.807, 2.05) is 0 Å². The molecular weight excluding hydrogens is 207 g/mol. The van der Waals surface area contributed by atoms with Crippen molar-refractivity contribution in [3.05, 3.63) is 35.1 Å². The summed E-state index contributed by atoms with van der Waals surface area (Å²) in [6.07, 6.45) is 0.113. The van der Waals surface area contributed by atoms with Crippen LogP contribution < -0.4 is 5.32 Å². The standard InChI is InChI=1S/C10H8F3NO/c11-7-2-1-6(9(12)10(7)13)5-3-8(15)14-4-5/h1-2,5H,3-4H2,(H,14,15). The zero-order valence-electron chi connectivity index (χ0n) is 7.69. The molecule has 1 atom stereocenters. The number of halogens is 3. The molecule has 2 rings (SSSR count). The average molecular weight is 215 g/mol. The maximum absolute atomic E-state index is 13.3. The second-order valence-corrected chi connectivity index (χ2v) is 3.47. The van der Waals surface area contributed by atoms with Crippen LogP contribution in [0, 0.1) is 17.5 Å². The molecule has 1 aromatic carbocycles. The Morgan fingerprint density at radius 1 is 1.20 bits per heavy atom. The van der Waals surface area contributed by atoms with Crippen LogP contribution in [0.2, 0.25) is 0 Å². The first kappa shape index (κ1) is 10.0. The van der Waals surface area contributed by atoms with E-state index in [2.05, 4.69) is 5.32 Å². The minimum atomic E-state index is -1.48. The second kappa shape index (κ2) is 3.56. The molecule has 5 heteroatoms. The molecule has 0 bridgehead atoms. The van der Waals surface area contributed by atoms with Crippen LogP contribution in [0.1, 0.15) is 17.9 Å². The number of amides is 1. The Kier molecular flexibility index (Phi) is 2.38. The van der Waals surface area contributed by atoms with E-state index in [4.69, 9.17) is 0 Å². The SMILES string of the molecule is O=C1CC(c2ccc(F)c(F)c2F)CN1. The van der Waals surface area contributed by atoms with E-state index in [1.165, 1.54) is 6.07 Å². The van der Waals surface area contributed by atoms with Crippen molar-refractivity contribution < 1.29 is 18.0 Å². The highest BCUT2D eigenvalue weighted by Gasteiger charge is 2.27. The lowest BCUT2D eigenvalue weighted by Gasteiger charge is -2.09. The maximum atomic E-state index is 13.3. The van der Waals surface area contributed by atoms with Crippen molar-refractivity contribution in [2.45, 2.75) is 12.3 Å². The third kappa shape index (κ3) is 1.69. The van der Waals surface area contributed by atoms with Gasteiger partial charge in [-0.1, -0.05) is 6.07 Å². The molecule has 2 nitrogen and oxygen atoms in total. The fraction of sp³-hybridized carbons (Fsp3) is 0.300. The molecule has 0 aliphatic carbocycles.